The van der Waals surface area contributed by atoms with Crippen molar-refractivity contribution >= 4 is 5.97 Å². The van der Waals surface area contributed by atoms with Crippen LogP contribution in [0.3, 0.4) is 0 Å². The van der Waals surface area contributed by atoms with Gasteiger partial charge in [-0.1, -0.05) is 54.0 Å². The average molecular weight is 302 g/mol. The molecule has 0 heterocycles. The minimum absolute atomic E-state index is 0.346. The van der Waals surface area contributed by atoms with E-state index in [2.05, 4.69) is 23.7 Å². The first kappa shape index (κ1) is 16.4. The van der Waals surface area contributed by atoms with Crippen molar-refractivity contribution in [3.63, 3.8) is 0 Å². The minimum atomic E-state index is -0.828. The van der Waals surface area contributed by atoms with Crippen molar-refractivity contribution in [1.82, 2.24) is 0 Å². The van der Waals surface area contributed by atoms with Gasteiger partial charge in [-0.15, -0.1) is 0 Å². The van der Waals surface area contributed by atoms with E-state index in [0.29, 0.717) is 0 Å². The molecule has 2 nitrogen and oxygen atoms in total. The first-order valence-electron chi connectivity index (χ1n) is 7.35. The molecule has 0 fully saturated rings. The molecular formula is C21H18O2. The van der Waals surface area contributed by atoms with Gasteiger partial charge < -0.3 is 4.74 Å². The maximum absolute atomic E-state index is 11.1. The highest BCUT2D eigenvalue weighted by molar-refractivity contribution is 5.67. The fourth-order valence-corrected chi connectivity index (χ4v) is 1.96. The molecule has 0 aliphatic carbocycles. The van der Waals surface area contributed by atoms with Crippen LogP contribution < -0.4 is 0 Å². The Bertz CT molecular complexity index is 809. The summed E-state index contributed by atoms with van der Waals surface area (Å²) in [5.74, 6) is 12.0. The van der Waals surface area contributed by atoms with E-state index >= 15 is 0 Å². The molecule has 0 amide bonds. The predicted molar refractivity (Wildman–Crippen MR) is 91.6 cm³/mol. The van der Waals surface area contributed by atoms with E-state index in [1.807, 2.05) is 54.6 Å². The fourth-order valence-electron chi connectivity index (χ4n) is 1.96. The number of benzene rings is 2. The quantitative estimate of drug-likeness (QED) is 0.592. The van der Waals surface area contributed by atoms with Crippen LogP contribution in [0.2, 0.25) is 0 Å². The number of carbonyl (C=O) groups is 1. The largest absolute Gasteiger partial charge is 0.447 e. The zero-order chi connectivity index (χ0) is 16.7. The summed E-state index contributed by atoms with van der Waals surface area (Å²) in [7, 11) is 0. The van der Waals surface area contributed by atoms with Gasteiger partial charge in [-0.05, 0) is 38.1 Å². The number of hydrogen-bond donors (Lipinski definition) is 0. The molecule has 114 valence electrons. The van der Waals surface area contributed by atoms with E-state index < -0.39 is 5.60 Å². The lowest BCUT2D eigenvalue weighted by molar-refractivity contribution is -0.148. The molecular weight excluding hydrogens is 284 g/mol. The topological polar surface area (TPSA) is 26.3 Å². The molecule has 0 saturated carbocycles. The molecule has 23 heavy (non-hydrogen) atoms. The zero-order valence-electron chi connectivity index (χ0n) is 13.5. The Balaban J connectivity index is 2.29. The van der Waals surface area contributed by atoms with Crippen molar-refractivity contribution in [3.05, 3.63) is 71.3 Å². The van der Waals surface area contributed by atoms with Crippen molar-refractivity contribution in [2.24, 2.45) is 0 Å². The van der Waals surface area contributed by atoms with Crippen LogP contribution in [0.5, 0.6) is 0 Å². The Hall–Kier alpha value is -2.97. The van der Waals surface area contributed by atoms with Crippen molar-refractivity contribution in [1.29, 1.82) is 0 Å². The Morgan fingerprint density at radius 2 is 1.43 bits per heavy atom. The van der Waals surface area contributed by atoms with Crippen molar-refractivity contribution in [2.75, 3.05) is 0 Å². The highest BCUT2D eigenvalue weighted by atomic mass is 16.6. The summed E-state index contributed by atoms with van der Waals surface area (Å²) >= 11 is 0. The zero-order valence-corrected chi connectivity index (χ0v) is 13.5. The summed E-state index contributed by atoms with van der Waals surface area (Å²) in [6.45, 7) is 4.90. The molecule has 2 rings (SSSR count). The van der Waals surface area contributed by atoms with Crippen molar-refractivity contribution in [2.45, 2.75) is 26.4 Å². The molecule has 0 N–H and O–H groups in total. The molecule has 0 atom stereocenters. The van der Waals surface area contributed by atoms with E-state index in [0.717, 1.165) is 16.7 Å². The molecule has 0 aliphatic heterocycles. The van der Waals surface area contributed by atoms with Crippen LogP contribution in [0.4, 0.5) is 0 Å². The van der Waals surface area contributed by atoms with Crippen LogP contribution in [-0.2, 0) is 9.53 Å². The lowest BCUT2D eigenvalue weighted by atomic mass is 10.1. The van der Waals surface area contributed by atoms with Gasteiger partial charge in [0.05, 0.1) is 0 Å². The number of esters is 1. The van der Waals surface area contributed by atoms with Crippen LogP contribution in [0.1, 0.15) is 37.5 Å². The van der Waals surface area contributed by atoms with Gasteiger partial charge in [0, 0.05) is 23.6 Å². The van der Waals surface area contributed by atoms with Gasteiger partial charge in [0.25, 0.3) is 0 Å². The smallest absolute Gasteiger partial charge is 0.304 e. The highest BCUT2D eigenvalue weighted by Crippen LogP contribution is 2.10. The van der Waals surface area contributed by atoms with Gasteiger partial charge in [-0.25, -0.2) is 0 Å². The van der Waals surface area contributed by atoms with Crippen molar-refractivity contribution < 1.29 is 9.53 Å². The maximum atomic E-state index is 11.1. The average Bonchev–Trinajstić information content (AvgIpc) is 2.51. The summed E-state index contributed by atoms with van der Waals surface area (Å²) < 4.78 is 5.18. The monoisotopic (exact) mass is 302 g/mol. The SMILES string of the molecule is CC(=O)OC(C)(C)C#Cc1ccccc1C#Cc1ccccc1. The highest BCUT2D eigenvalue weighted by Gasteiger charge is 2.17. The molecule has 0 saturated heterocycles. The second kappa shape index (κ2) is 7.34. The molecule has 0 spiro atoms. The molecule has 2 heteroatoms. The molecule has 0 unspecified atom stereocenters. The second-order valence-corrected chi connectivity index (χ2v) is 5.52. The van der Waals surface area contributed by atoms with E-state index in [1.165, 1.54) is 6.92 Å². The predicted octanol–water partition coefficient (Wildman–Crippen LogP) is 3.78. The molecule has 0 radical (unpaired) electrons. The first-order chi connectivity index (χ1) is 11.0. The molecule has 2 aromatic rings. The van der Waals surface area contributed by atoms with Crippen molar-refractivity contribution in [3.8, 4) is 23.7 Å². The number of rotatable bonds is 1. The van der Waals surface area contributed by atoms with Crippen LogP contribution in [0.15, 0.2) is 54.6 Å². The normalized spacial score (nSPS) is 9.87. The van der Waals surface area contributed by atoms with Gasteiger partial charge in [-0.2, -0.15) is 0 Å². The molecule has 0 bridgehead atoms. The van der Waals surface area contributed by atoms with Gasteiger partial charge in [0.2, 0.25) is 0 Å². The minimum Gasteiger partial charge on any atom is -0.447 e. The fraction of sp³-hybridized carbons (Fsp3) is 0.190. The lowest BCUT2D eigenvalue weighted by Crippen LogP contribution is -2.24. The van der Waals surface area contributed by atoms with Gasteiger partial charge in [0.1, 0.15) is 0 Å². The maximum Gasteiger partial charge on any atom is 0.304 e. The van der Waals surface area contributed by atoms with Crippen LogP contribution in [0, 0.1) is 23.7 Å². The lowest BCUT2D eigenvalue weighted by Gasteiger charge is -2.17. The number of ether oxygens (including phenoxy) is 1. The summed E-state index contributed by atoms with van der Waals surface area (Å²) in [6, 6.07) is 17.5. The van der Waals surface area contributed by atoms with Crippen LogP contribution >= 0.6 is 0 Å². The molecule has 0 aliphatic rings. The Morgan fingerprint density at radius 3 is 2.04 bits per heavy atom. The Morgan fingerprint density at radius 1 is 0.870 bits per heavy atom. The third kappa shape index (κ3) is 5.38. The molecule has 2 aromatic carbocycles. The Labute approximate surface area is 137 Å². The number of carbonyl (C=O) groups excluding carboxylic acids is 1. The third-order valence-corrected chi connectivity index (χ3v) is 2.94. The second-order valence-electron chi connectivity index (χ2n) is 5.52. The summed E-state index contributed by atoms with van der Waals surface area (Å²) in [5.41, 5.74) is 1.79. The van der Waals surface area contributed by atoms with Gasteiger partial charge in [-0.3, -0.25) is 4.79 Å². The summed E-state index contributed by atoms with van der Waals surface area (Å²) in [6.07, 6.45) is 0. The molecule has 0 aromatic heterocycles. The first-order valence-corrected chi connectivity index (χ1v) is 7.35. The Kier molecular flexibility index (Phi) is 5.23. The summed E-state index contributed by atoms with van der Waals surface area (Å²) in [5, 5.41) is 0. The van der Waals surface area contributed by atoms with Gasteiger partial charge in [0.15, 0.2) is 5.60 Å². The van der Waals surface area contributed by atoms with Gasteiger partial charge >= 0.3 is 5.97 Å². The standard InChI is InChI=1S/C21H18O2/c1-17(22)23-21(2,3)16-15-20-12-8-7-11-19(20)14-13-18-9-5-4-6-10-18/h4-12H,1-3H3. The van der Waals surface area contributed by atoms with E-state index in [9.17, 15) is 4.79 Å². The third-order valence-electron chi connectivity index (χ3n) is 2.94. The van der Waals surface area contributed by atoms with Crippen LogP contribution in [-0.4, -0.2) is 11.6 Å². The summed E-state index contributed by atoms with van der Waals surface area (Å²) in [4.78, 5) is 11.1. The van der Waals surface area contributed by atoms with E-state index in [4.69, 9.17) is 4.74 Å². The van der Waals surface area contributed by atoms with Crippen LogP contribution in [0.25, 0.3) is 0 Å². The van der Waals surface area contributed by atoms with E-state index in [1.54, 1.807) is 13.8 Å². The van der Waals surface area contributed by atoms with E-state index in [-0.39, 0.29) is 5.97 Å². The number of hydrogen-bond acceptors (Lipinski definition) is 2.